The molecule has 0 saturated carbocycles. The maximum Gasteiger partial charge on any atom is 0.446 e. The lowest BCUT2D eigenvalue weighted by atomic mass is 10.2. The summed E-state index contributed by atoms with van der Waals surface area (Å²) in [4.78, 5) is 31.1. The van der Waals surface area contributed by atoms with E-state index >= 15 is 0 Å². The zero-order valence-electron chi connectivity index (χ0n) is 14.1. The Morgan fingerprint density at radius 3 is 2.52 bits per heavy atom. The highest BCUT2D eigenvalue weighted by Gasteiger charge is 2.37. The first-order valence-corrected chi connectivity index (χ1v) is 8.55. The van der Waals surface area contributed by atoms with E-state index in [1.807, 2.05) is 0 Å². The van der Waals surface area contributed by atoms with Crippen LogP contribution in [-0.4, -0.2) is 41.0 Å². The lowest BCUT2D eigenvalue weighted by molar-refractivity contribution is -0.116. The van der Waals surface area contributed by atoms with E-state index in [9.17, 15) is 22.8 Å². The van der Waals surface area contributed by atoms with E-state index in [4.69, 9.17) is 4.74 Å². The lowest BCUT2D eigenvalue weighted by Crippen LogP contribution is -2.32. The van der Waals surface area contributed by atoms with Gasteiger partial charge in [-0.2, -0.15) is 13.2 Å². The molecule has 3 rings (SSSR count). The molecule has 1 fully saturated rings. The van der Waals surface area contributed by atoms with Gasteiger partial charge in [0.05, 0.1) is 12.8 Å². The number of anilines is 1. The van der Waals surface area contributed by atoms with Gasteiger partial charge in [0.2, 0.25) is 5.88 Å². The van der Waals surface area contributed by atoms with Crippen molar-refractivity contribution >= 4 is 29.4 Å². The van der Waals surface area contributed by atoms with Crippen molar-refractivity contribution in [1.82, 2.24) is 9.88 Å². The largest absolute Gasteiger partial charge is 0.481 e. The van der Waals surface area contributed by atoms with Gasteiger partial charge in [-0.1, -0.05) is 0 Å². The van der Waals surface area contributed by atoms with Crippen molar-refractivity contribution in [1.29, 1.82) is 0 Å². The number of aromatic nitrogens is 1. The number of benzene rings is 1. The monoisotopic (exact) mass is 397 g/mol. The van der Waals surface area contributed by atoms with Gasteiger partial charge in [0.25, 0.3) is 5.91 Å². The van der Waals surface area contributed by atoms with Gasteiger partial charge in [0.15, 0.2) is 0 Å². The average molecular weight is 397 g/mol. The van der Waals surface area contributed by atoms with E-state index in [0.717, 1.165) is 10.5 Å². The summed E-state index contributed by atoms with van der Waals surface area (Å²) in [7, 11) is 1.47. The smallest absolute Gasteiger partial charge is 0.446 e. The molecule has 0 bridgehead atoms. The summed E-state index contributed by atoms with van der Waals surface area (Å²) in [6.07, 6.45) is 1.53. The minimum Gasteiger partial charge on any atom is -0.481 e. The van der Waals surface area contributed by atoms with Crippen LogP contribution in [0, 0.1) is 0 Å². The van der Waals surface area contributed by atoms with Gasteiger partial charge in [-0.25, -0.2) is 14.7 Å². The molecule has 0 unspecified atom stereocenters. The van der Waals surface area contributed by atoms with E-state index in [1.54, 1.807) is 12.1 Å². The van der Waals surface area contributed by atoms with Crippen molar-refractivity contribution in [2.75, 3.05) is 18.6 Å². The topological polar surface area (TPSA) is 62.7 Å². The molecule has 2 aromatic rings. The van der Waals surface area contributed by atoms with Crippen LogP contribution in [0.1, 0.15) is 5.56 Å². The van der Waals surface area contributed by atoms with Crippen molar-refractivity contribution in [2.45, 2.75) is 16.9 Å². The molecule has 142 valence electrons. The summed E-state index contributed by atoms with van der Waals surface area (Å²) in [5.74, 6) is -0.0580. The number of hydrogen-bond acceptors (Lipinski definition) is 5. The van der Waals surface area contributed by atoms with Gasteiger partial charge in [-0.05, 0) is 47.7 Å². The Hall–Kier alpha value is -2.75. The molecule has 6 nitrogen and oxygen atoms in total. The predicted molar refractivity (Wildman–Crippen MR) is 92.4 cm³/mol. The van der Waals surface area contributed by atoms with Gasteiger partial charge in [0.1, 0.15) is 6.54 Å². The molecule has 3 amide bonds. The second-order valence-electron chi connectivity index (χ2n) is 5.62. The molecule has 0 N–H and O–H groups in total. The second kappa shape index (κ2) is 7.47. The maximum absolute atomic E-state index is 12.6. The number of hydrogen-bond donors (Lipinski definition) is 0. The highest BCUT2D eigenvalue weighted by Crippen LogP contribution is 2.37. The minimum atomic E-state index is -4.40. The Labute approximate surface area is 156 Å². The number of ether oxygens (including phenoxy) is 1. The lowest BCUT2D eigenvalue weighted by Gasteiger charge is -2.17. The predicted octanol–water partition coefficient (Wildman–Crippen LogP) is 3.67. The highest BCUT2D eigenvalue weighted by molar-refractivity contribution is 8.00. The molecular formula is C17H14F3N3O3S. The van der Waals surface area contributed by atoms with E-state index < -0.39 is 17.4 Å². The number of carbonyl (C=O) groups excluding carboxylic acids is 2. The zero-order valence-corrected chi connectivity index (χ0v) is 14.9. The molecule has 1 aromatic carbocycles. The summed E-state index contributed by atoms with van der Waals surface area (Å²) in [5.41, 5.74) is -3.43. The molecule has 0 radical (unpaired) electrons. The Kier molecular flexibility index (Phi) is 5.26. The van der Waals surface area contributed by atoms with Crippen LogP contribution in [0.3, 0.4) is 0 Å². The van der Waals surface area contributed by atoms with Crippen molar-refractivity contribution < 1.29 is 27.5 Å². The third-order valence-corrected chi connectivity index (χ3v) is 4.49. The summed E-state index contributed by atoms with van der Waals surface area (Å²) in [6.45, 7) is 0.0600. The van der Waals surface area contributed by atoms with Crippen LogP contribution in [0.25, 0.3) is 0 Å². The molecule has 0 spiro atoms. The van der Waals surface area contributed by atoms with Gasteiger partial charge in [-0.15, -0.1) is 0 Å². The summed E-state index contributed by atoms with van der Waals surface area (Å²) < 4.78 is 42.2. The summed E-state index contributed by atoms with van der Waals surface area (Å²) in [6, 6.07) is 7.92. The van der Waals surface area contributed by atoms with E-state index in [-0.39, 0.29) is 35.4 Å². The number of thioether (sulfide) groups is 1. The fraction of sp³-hybridized carbons (Fsp3) is 0.235. The average Bonchev–Trinajstić information content (AvgIpc) is 2.88. The van der Waals surface area contributed by atoms with Gasteiger partial charge >= 0.3 is 11.5 Å². The third kappa shape index (κ3) is 4.51. The van der Waals surface area contributed by atoms with Crippen molar-refractivity contribution in [3.05, 3.63) is 48.2 Å². The van der Waals surface area contributed by atoms with E-state index in [0.29, 0.717) is 5.88 Å². The SMILES string of the molecule is COc1cc(CN2CC(=O)N(c3ccc(SC(F)(F)F)cc3)C2=O)ccn1. The molecule has 27 heavy (non-hydrogen) atoms. The first-order valence-electron chi connectivity index (χ1n) is 7.73. The van der Waals surface area contributed by atoms with Gasteiger partial charge in [-0.3, -0.25) is 4.79 Å². The van der Waals surface area contributed by atoms with Crippen LogP contribution < -0.4 is 9.64 Å². The van der Waals surface area contributed by atoms with Crippen LogP contribution >= 0.6 is 11.8 Å². The van der Waals surface area contributed by atoms with Crippen LogP contribution in [0.4, 0.5) is 23.7 Å². The Balaban J connectivity index is 1.74. The third-order valence-electron chi connectivity index (χ3n) is 3.75. The maximum atomic E-state index is 12.6. The molecule has 1 aromatic heterocycles. The van der Waals surface area contributed by atoms with Crippen molar-refractivity contribution in [3.63, 3.8) is 0 Å². The number of carbonyl (C=O) groups is 2. The number of alkyl halides is 3. The van der Waals surface area contributed by atoms with Gasteiger partial charge in [0, 0.05) is 23.7 Å². The van der Waals surface area contributed by atoms with Crippen molar-refractivity contribution in [3.8, 4) is 5.88 Å². The number of amides is 3. The molecule has 1 saturated heterocycles. The first kappa shape index (κ1) is 19.0. The zero-order chi connectivity index (χ0) is 19.6. The summed E-state index contributed by atoms with van der Waals surface area (Å²) >= 11 is -0.257. The molecule has 2 heterocycles. The molecule has 1 aliphatic rings. The number of rotatable bonds is 5. The van der Waals surface area contributed by atoms with Crippen LogP contribution in [0.5, 0.6) is 5.88 Å². The number of halogens is 3. The number of imide groups is 1. The Bertz CT molecular complexity index is 858. The van der Waals surface area contributed by atoms with Gasteiger partial charge < -0.3 is 9.64 Å². The van der Waals surface area contributed by atoms with E-state index in [1.165, 1.54) is 42.5 Å². The quantitative estimate of drug-likeness (QED) is 0.569. The Morgan fingerprint density at radius 1 is 1.19 bits per heavy atom. The van der Waals surface area contributed by atoms with Crippen molar-refractivity contribution in [2.24, 2.45) is 0 Å². The normalized spacial score (nSPS) is 14.8. The van der Waals surface area contributed by atoms with Crippen LogP contribution in [0.15, 0.2) is 47.5 Å². The molecule has 0 aliphatic carbocycles. The molecule has 0 atom stereocenters. The number of urea groups is 1. The standard InChI is InChI=1S/C17H14F3N3O3S/c1-26-14-8-11(6-7-21-14)9-22-10-15(24)23(16(22)25)12-2-4-13(5-3-12)27-17(18,19)20/h2-8H,9-10H2,1H3. The first-order chi connectivity index (χ1) is 12.8. The molecular weight excluding hydrogens is 383 g/mol. The number of nitrogens with zero attached hydrogens (tertiary/aromatic N) is 3. The number of pyridine rings is 1. The number of methoxy groups -OCH3 is 1. The fourth-order valence-corrected chi connectivity index (χ4v) is 3.14. The van der Waals surface area contributed by atoms with Crippen LogP contribution in [0.2, 0.25) is 0 Å². The van der Waals surface area contributed by atoms with Crippen LogP contribution in [-0.2, 0) is 11.3 Å². The summed E-state index contributed by atoms with van der Waals surface area (Å²) in [5, 5.41) is 0. The van der Waals surface area contributed by atoms with E-state index in [2.05, 4.69) is 4.98 Å². The highest BCUT2D eigenvalue weighted by atomic mass is 32.2. The molecule has 1 aliphatic heterocycles. The second-order valence-corrected chi connectivity index (χ2v) is 6.75. The molecule has 10 heteroatoms. The Morgan fingerprint density at radius 2 is 1.89 bits per heavy atom. The minimum absolute atomic E-state index is 0.0221. The fourth-order valence-electron chi connectivity index (χ4n) is 2.61.